The summed E-state index contributed by atoms with van der Waals surface area (Å²) >= 11 is 0. The predicted octanol–water partition coefficient (Wildman–Crippen LogP) is -6.14. The third-order valence-corrected chi connectivity index (χ3v) is 24.7. The van der Waals surface area contributed by atoms with Crippen molar-refractivity contribution >= 4 is 5.97 Å². The molecule has 0 spiro atoms. The minimum Gasteiger partial charge on any atom is -0.432 e. The lowest BCUT2D eigenvalue weighted by Crippen LogP contribution is -2.72. The topological polar surface area (TPSA) is 512 Å². The third-order valence-electron chi connectivity index (χ3n) is 24.7. The van der Waals surface area contributed by atoms with Gasteiger partial charge in [0.25, 0.3) is 0 Å². The van der Waals surface area contributed by atoms with E-state index in [1.165, 1.54) is 13.8 Å². The van der Waals surface area contributed by atoms with Crippen LogP contribution < -0.4 is 0 Å². The Bertz CT molecular complexity index is 2720. The van der Waals surface area contributed by atoms with E-state index in [1.807, 2.05) is 6.92 Å². The summed E-state index contributed by atoms with van der Waals surface area (Å²) in [5, 5.41) is 210. The lowest BCUT2D eigenvalue weighted by atomic mass is 9.33. The number of hydrogen-bond donors (Lipinski definition) is 19. The molecule has 11 aliphatic rings. The molecule has 0 aromatic rings. The Balaban J connectivity index is 0.783. The third kappa shape index (κ3) is 12.7. The Labute approximate surface area is 555 Å². The molecule has 0 bridgehead atoms. The van der Waals surface area contributed by atoms with Crippen LogP contribution in [0, 0.1) is 50.2 Å². The number of aliphatic hydroxyl groups is 19. The normalized spacial score (nSPS) is 55.9. The van der Waals surface area contributed by atoms with E-state index in [2.05, 4.69) is 33.8 Å². The monoisotopic (exact) mass is 1380 g/mol. The number of carbonyl (C=O) groups excluding carboxylic acids is 1. The summed E-state index contributed by atoms with van der Waals surface area (Å²) in [6.07, 6.45) is -45.3. The number of rotatable bonds is 15. The first-order valence-corrected chi connectivity index (χ1v) is 33.7. The highest BCUT2D eigenvalue weighted by Gasteiger charge is 2.74. The lowest BCUT2D eigenvalue weighted by Gasteiger charge is -2.72. The molecule has 0 aromatic heterocycles. The van der Waals surface area contributed by atoms with Crippen LogP contribution in [0.2, 0.25) is 0 Å². The maximum atomic E-state index is 15.5. The molecule has 0 amide bonds. The zero-order valence-electron chi connectivity index (χ0n) is 55.2. The van der Waals surface area contributed by atoms with Crippen LogP contribution in [-0.4, -0.2) is 326 Å². The van der Waals surface area contributed by atoms with Gasteiger partial charge in [-0.15, -0.1) is 0 Å². The van der Waals surface area contributed by atoms with Gasteiger partial charge < -0.3 is 154 Å². The largest absolute Gasteiger partial charge is 0.432 e. The van der Waals surface area contributed by atoms with E-state index in [0.29, 0.717) is 32.1 Å². The van der Waals surface area contributed by atoms with Gasteiger partial charge in [0.1, 0.15) is 116 Å². The molecule has 0 radical (unpaired) electrons. The van der Waals surface area contributed by atoms with Crippen LogP contribution in [0.1, 0.15) is 107 Å². The molecule has 96 heavy (non-hydrogen) atoms. The van der Waals surface area contributed by atoms with Crippen LogP contribution >= 0.6 is 0 Å². The predicted molar refractivity (Wildman–Crippen MR) is 317 cm³/mol. The molecule has 0 aromatic carbocycles. The first-order valence-electron chi connectivity index (χ1n) is 33.7. The minimum absolute atomic E-state index is 0.0195. The van der Waals surface area contributed by atoms with Gasteiger partial charge in [0.05, 0.1) is 69.0 Å². The fourth-order valence-electron chi connectivity index (χ4n) is 19.1. The SMILES string of the molecule is C[C@@H]1O[C@@H](O[C@@H]2[C@@H](O)[C@H](O[C@@H]3[C@@H](O)[C@@H](O)[C@H](O[C@H]4[C@H](OC(=O)[C@]56CCC(C)(C)C[C@H]5C5=CC[C@@H]7[C@@]8(C)C[C@H](O)[C@H](O[C@@H]9O[C@H](CO[C@@H]%10O[C@H](CO)[C@@H](O)[C@H](O)[C@H]%10O)[C@@H](O)[C@H](O)[C@H]9O)[C@@](C)(CO)[C@@H]8[C@H](O)C[C@@]7(C)[C@]5(C)CC6)OC[C@H](O)[C@@H]4O)O[C@H]3C)OC[C@H]2O)[C@H](O)[C@H](O)[C@H]1O. The van der Waals surface area contributed by atoms with Crippen LogP contribution in [0.4, 0.5) is 0 Å². The Morgan fingerprint density at radius 2 is 1.05 bits per heavy atom. The molecule has 6 aliphatic heterocycles. The second kappa shape index (κ2) is 27.9. The average molecular weight is 1390 g/mol. The quantitative estimate of drug-likeness (QED) is 0.0412. The zero-order valence-corrected chi connectivity index (χ0v) is 55.2. The van der Waals surface area contributed by atoms with E-state index >= 15 is 4.79 Å². The van der Waals surface area contributed by atoms with Crippen molar-refractivity contribution in [1.29, 1.82) is 0 Å². The van der Waals surface area contributed by atoms with Gasteiger partial charge in [0, 0.05) is 11.3 Å². The lowest BCUT2D eigenvalue weighted by molar-refractivity contribution is -0.377. The molecule has 4 saturated carbocycles. The average Bonchev–Trinajstić information content (AvgIpc) is 0.669. The summed E-state index contributed by atoms with van der Waals surface area (Å²) in [6, 6.07) is 0. The molecular weight excluding hydrogens is 1280 g/mol. The van der Waals surface area contributed by atoms with Gasteiger partial charge in [-0.3, -0.25) is 4.79 Å². The number of fused-ring (bicyclic) bond motifs is 7. The number of esters is 1. The number of aliphatic hydroxyl groups excluding tert-OH is 19. The van der Waals surface area contributed by atoms with Crippen LogP contribution in [0.15, 0.2) is 11.6 Å². The summed E-state index contributed by atoms with van der Waals surface area (Å²) < 4.78 is 70.7. The summed E-state index contributed by atoms with van der Waals surface area (Å²) in [5.74, 6) is -2.16. The van der Waals surface area contributed by atoms with Crippen LogP contribution in [0.25, 0.3) is 0 Å². The number of hydrogen-bond acceptors (Lipinski definition) is 32. The van der Waals surface area contributed by atoms with Crippen molar-refractivity contribution in [2.24, 2.45) is 50.2 Å². The van der Waals surface area contributed by atoms with Gasteiger partial charge in [-0.1, -0.05) is 53.2 Å². The highest BCUT2D eigenvalue weighted by molar-refractivity contribution is 5.79. The first-order chi connectivity index (χ1) is 44.9. The van der Waals surface area contributed by atoms with Gasteiger partial charge in [-0.2, -0.15) is 0 Å². The Hall–Kier alpha value is -1.99. The van der Waals surface area contributed by atoms with E-state index in [1.54, 1.807) is 6.92 Å². The standard InChI is InChI=1S/C64H104O32/c1-23-34(71)38(75)43(80)54(88-23)93-48-30(70)20-85-53(46(48)83)92-47-24(2)89-55(45(82)41(47)78)94-49-35(72)29(69)19-86-57(49)96-58(84)64-13-11-59(3,4)15-26(64)25-9-10-33-60(5)16-28(68)51(61(6,22-66)50(60)27(67)17-63(33,8)62(25,7)12-14-64)95-56-44(81)40(77)37(74)32(91-56)21-87-52-42(79)39(76)36(73)31(18-65)90-52/h9,23-24,26-57,65-83H,10-22H2,1-8H3/t23-,24-,26-,27+,28-,29-,30+,31+,32+,33+,34-,35-,36+,37+,38+,39-,40-,41-,42+,43+,44+,45+,46+,47-,48-,49+,50+,51-,52+,53-,54-,55-,56-,57-,60+,61-,62+,63+,64-/m0/s1. The maximum Gasteiger partial charge on any atom is 0.315 e. The van der Waals surface area contributed by atoms with E-state index in [4.69, 9.17) is 56.8 Å². The molecule has 5 aliphatic carbocycles. The van der Waals surface area contributed by atoms with Crippen molar-refractivity contribution in [3.8, 4) is 0 Å². The first kappa shape index (κ1) is 75.2. The molecular formula is C64H104O32. The molecule has 39 atom stereocenters. The highest BCUT2D eigenvalue weighted by Crippen LogP contribution is 2.76. The van der Waals surface area contributed by atoms with Crippen LogP contribution in [-0.2, 0) is 61.6 Å². The van der Waals surface area contributed by atoms with Crippen molar-refractivity contribution in [3.63, 3.8) is 0 Å². The smallest absolute Gasteiger partial charge is 0.315 e. The van der Waals surface area contributed by atoms with Gasteiger partial charge >= 0.3 is 5.97 Å². The summed E-state index contributed by atoms with van der Waals surface area (Å²) in [7, 11) is 0. The zero-order chi connectivity index (χ0) is 70.2. The van der Waals surface area contributed by atoms with Gasteiger partial charge in [-0.05, 0) is 98.7 Å². The van der Waals surface area contributed by atoms with Crippen molar-refractivity contribution in [3.05, 3.63) is 11.6 Å². The fraction of sp³-hybridized carbons (Fsp3) is 0.953. The molecule has 32 nitrogen and oxygen atoms in total. The van der Waals surface area contributed by atoms with E-state index < -0.39 is 268 Å². The molecule has 11 rings (SSSR count). The Kier molecular flexibility index (Phi) is 21.8. The molecule has 6 saturated heterocycles. The highest BCUT2D eigenvalue weighted by atomic mass is 16.8. The second-order valence-corrected chi connectivity index (χ2v) is 31.2. The summed E-state index contributed by atoms with van der Waals surface area (Å²) in [6.45, 7) is 12.0. The molecule has 32 heteroatoms. The van der Waals surface area contributed by atoms with Crippen molar-refractivity contribution in [1.82, 2.24) is 0 Å². The number of ether oxygens (including phenoxy) is 12. The minimum atomic E-state index is -1.98. The molecule has 6 heterocycles. The second-order valence-electron chi connectivity index (χ2n) is 31.2. The van der Waals surface area contributed by atoms with Gasteiger partial charge in [0.2, 0.25) is 6.29 Å². The maximum absolute atomic E-state index is 15.5. The van der Waals surface area contributed by atoms with E-state index in [0.717, 1.165) is 5.57 Å². The van der Waals surface area contributed by atoms with Crippen molar-refractivity contribution in [2.45, 2.75) is 297 Å². The van der Waals surface area contributed by atoms with Crippen molar-refractivity contribution in [2.75, 3.05) is 33.0 Å². The molecule has 19 N–H and O–H groups in total. The number of carbonyl (C=O) groups is 1. The fourth-order valence-corrected chi connectivity index (χ4v) is 19.1. The van der Waals surface area contributed by atoms with Gasteiger partial charge in [0.15, 0.2) is 37.6 Å². The van der Waals surface area contributed by atoms with Crippen LogP contribution in [0.5, 0.6) is 0 Å². The van der Waals surface area contributed by atoms with E-state index in [9.17, 15) is 97.0 Å². The molecule has 10 fully saturated rings. The van der Waals surface area contributed by atoms with E-state index in [-0.39, 0.29) is 30.6 Å². The summed E-state index contributed by atoms with van der Waals surface area (Å²) in [5.41, 5.74) is -4.32. The van der Waals surface area contributed by atoms with Crippen molar-refractivity contribution < 1.29 is 159 Å². The molecule has 552 valence electrons. The Morgan fingerprint density at radius 3 is 1.71 bits per heavy atom. The van der Waals surface area contributed by atoms with Gasteiger partial charge in [-0.25, -0.2) is 0 Å². The number of allylic oxidation sites excluding steroid dienone is 2. The Morgan fingerprint density at radius 1 is 0.500 bits per heavy atom. The van der Waals surface area contributed by atoms with Crippen LogP contribution in [0.3, 0.4) is 0 Å². The summed E-state index contributed by atoms with van der Waals surface area (Å²) in [4.78, 5) is 15.5. The molecule has 0 unspecified atom stereocenters.